The van der Waals surface area contributed by atoms with E-state index in [2.05, 4.69) is 18.2 Å². The molecular weight excluding hydrogens is 232 g/mol. The molecule has 19 heavy (non-hydrogen) atoms. The van der Waals surface area contributed by atoms with Crippen LogP contribution in [0.1, 0.15) is 75.0 Å². The molecular formula is C18H26O. The van der Waals surface area contributed by atoms with E-state index in [0.29, 0.717) is 5.92 Å². The van der Waals surface area contributed by atoms with Crippen molar-refractivity contribution in [1.82, 2.24) is 0 Å². The van der Waals surface area contributed by atoms with Crippen molar-refractivity contribution in [3.63, 3.8) is 0 Å². The summed E-state index contributed by atoms with van der Waals surface area (Å²) in [6.07, 6.45) is 12.7. The average molecular weight is 258 g/mol. The minimum atomic E-state index is -0.452. The van der Waals surface area contributed by atoms with Crippen molar-refractivity contribution in [2.75, 3.05) is 0 Å². The monoisotopic (exact) mass is 258 g/mol. The Kier molecular flexibility index (Phi) is 5.65. The van der Waals surface area contributed by atoms with Crippen LogP contribution in [0, 0.1) is 0 Å². The second kappa shape index (κ2) is 7.49. The summed E-state index contributed by atoms with van der Waals surface area (Å²) in [5.41, 5.74) is 2.47. The van der Waals surface area contributed by atoms with E-state index >= 15 is 0 Å². The summed E-state index contributed by atoms with van der Waals surface area (Å²) in [5, 5.41) is 10.3. The number of hydrogen-bond donors (Lipinski definition) is 1. The van der Waals surface area contributed by atoms with E-state index in [9.17, 15) is 5.11 Å². The van der Waals surface area contributed by atoms with Crippen molar-refractivity contribution < 1.29 is 5.11 Å². The van der Waals surface area contributed by atoms with Crippen molar-refractivity contribution in [2.45, 2.75) is 63.9 Å². The van der Waals surface area contributed by atoms with Gasteiger partial charge in [-0.15, -0.1) is 0 Å². The Morgan fingerprint density at radius 3 is 2.37 bits per heavy atom. The maximum Gasteiger partial charge on any atom is 0.0974 e. The molecule has 2 rings (SSSR count). The Morgan fingerprint density at radius 1 is 1.05 bits per heavy atom. The van der Waals surface area contributed by atoms with Gasteiger partial charge in [0.25, 0.3) is 0 Å². The fourth-order valence-corrected chi connectivity index (χ4v) is 3.21. The second-order valence-corrected chi connectivity index (χ2v) is 5.64. The topological polar surface area (TPSA) is 20.2 Å². The first-order valence-electron chi connectivity index (χ1n) is 7.72. The predicted molar refractivity (Wildman–Crippen MR) is 81.3 cm³/mol. The first-order chi connectivity index (χ1) is 9.33. The molecule has 0 aliphatic heterocycles. The molecule has 0 heterocycles. The summed E-state index contributed by atoms with van der Waals surface area (Å²) in [6.45, 7) is 1.96. The van der Waals surface area contributed by atoms with Crippen molar-refractivity contribution in [2.24, 2.45) is 0 Å². The van der Waals surface area contributed by atoms with Gasteiger partial charge in [0.05, 0.1) is 6.10 Å². The van der Waals surface area contributed by atoms with Crippen LogP contribution in [0.25, 0.3) is 0 Å². The summed E-state index contributed by atoms with van der Waals surface area (Å²) in [4.78, 5) is 0. The van der Waals surface area contributed by atoms with Gasteiger partial charge in [-0.3, -0.25) is 0 Å². The first-order valence-corrected chi connectivity index (χ1v) is 7.72. The van der Waals surface area contributed by atoms with Crippen LogP contribution in [0.5, 0.6) is 0 Å². The van der Waals surface area contributed by atoms with E-state index in [4.69, 9.17) is 0 Å². The smallest absolute Gasteiger partial charge is 0.0974 e. The number of benzene rings is 1. The molecule has 1 aliphatic carbocycles. The molecule has 1 aliphatic rings. The van der Waals surface area contributed by atoms with Crippen molar-refractivity contribution in [3.05, 3.63) is 47.5 Å². The number of rotatable bonds is 3. The van der Waals surface area contributed by atoms with Gasteiger partial charge in [-0.2, -0.15) is 0 Å². The van der Waals surface area contributed by atoms with Crippen LogP contribution in [-0.4, -0.2) is 5.11 Å². The lowest BCUT2D eigenvalue weighted by molar-refractivity contribution is 0.226. The Balaban J connectivity index is 2.21. The molecule has 1 unspecified atom stereocenters. The number of aliphatic hydroxyl groups excluding tert-OH is 1. The van der Waals surface area contributed by atoms with Crippen LogP contribution in [0.3, 0.4) is 0 Å². The molecule has 0 bridgehead atoms. The first kappa shape index (κ1) is 14.3. The van der Waals surface area contributed by atoms with E-state index < -0.39 is 6.10 Å². The van der Waals surface area contributed by atoms with Gasteiger partial charge in [-0.25, -0.2) is 0 Å². The highest BCUT2D eigenvalue weighted by molar-refractivity contribution is 5.34. The largest absolute Gasteiger partial charge is 0.384 e. The van der Waals surface area contributed by atoms with Crippen LogP contribution < -0.4 is 0 Å². The van der Waals surface area contributed by atoms with E-state index in [0.717, 1.165) is 5.56 Å². The third-order valence-corrected chi connectivity index (χ3v) is 4.23. The van der Waals surface area contributed by atoms with Gasteiger partial charge < -0.3 is 5.11 Å². The molecule has 0 saturated heterocycles. The van der Waals surface area contributed by atoms with Crippen LogP contribution in [0.4, 0.5) is 0 Å². The van der Waals surface area contributed by atoms with E-state index in [1.807, 2.05) is 25.1 Å². The maximum atomic E-state index is 10.3. The lowest BCUT2D eigenvalue weighted by Crippen LogP contribution is -2.07. The molecule has 104 valence electrons. The molecule has 0 aromatic heterocycles. The third kappa shape index (κ3) is 3.94. The standard InChI is InChI=1S/C18H26O/c1-2-10-18(19)17-14-9-8-13-16(17)15-11-6-4-3-5-7-12-15/h2,8-10,13-15,18-19H,3-7,11-12H2,1H3. The summed E-state index contributed by atoms with van der Waals surface area (Å²) in [7, 11) is 0. The van der Waals surface area contributed by atoms with E-state index in [1.54, 1.807) is 0 Å². The predicted octanol–water partition coefficient (Wildman–Crippen LogP) is 5.12. The number of aliphatic hydroxyl groups is 1. The summed E-state index contributed by atoms with van der Waals surface area (Å²) >= 11 is 0. The molecule has 0 amide bonds. The minimum Gasteiger partial charge on any atom is -0.384 e. The van der Waals surface area contributed by atoms with Crippen molar-refractivity contribution >= 4 is 0 Å². The normalized spacial score (nSPS) is 20.1. The van der Waals surface area contributed by atoms with Gasteiger partial charge in [0, 0.05) is 0 Å². The fraction of sp³-hybridized carbons (Fsp3) is 0.556. The molecule has 1 N–H and O–H groups in total. The quantitative estimate of drug-likeness (QED) is 0.746. The molecule has 0 radical (unpaired) electrons. The molecule has 0 spiro atoms. The van der Waals surface area contributed by atoms with Crippen molar-refractivity contribution in [1.29, 1.82) is 0 Å². The molecule has 1 heteroatoms. The molecule has 1 saturated carbocycles. The summed E-state index contributed by atoms with van der Waals surface area (Å²) in [5.74, 6) is 0.636. The number of hydrogen-bond acceptors (Lipinski definition) is 1. The highest BCUT2D eigenvalue weighted by atomic mass is 16.3. The van der Waals surface area contributed by atoms with Gasteiger partial charge in [0.1, 0.15) is 0 Å². The minimum absolute atomic E-state index is 0.452. The van der Waals surface area contributed by atoms with Crippen molar-refractivity contribution in [3.8, 4) is 0 Å². The average Bonchev–Trinajstić information content (AvgIpc) is 2.39. The van der Waals surface area contributed by atoms with Gasteiger partial charge in [-0.05, 0) is 36.8 Å². The molecule has 1 aromatic rings. The molecule has 1 nitrogen and oxygen atoms in total. The highest BCUT2D eigenvalue weighted by Crippen LogP contribution is 2.35. The summed E-state index contributed by atoms with van der Waals surface area (Å²) < 4.78 is 0. The SMILES string of the molecule is CC=CC(O)c1ccccc1C1CCCCCCC1. The Bertz CT molecular complexity index is 400. The second-order valence-electron chi connectivity index (χ2n) is 5.64. The van der Waals surface area contributed by atoms with Gasteiger partial charge >= 0.3 is 0 Å². The van der Waals surface area contributed by atoms with E-state index in [-0.39, 0.29) is 0 Å². The zero-order valence-corrected chi connectivity index (χ0v) is 12.0. The van der Waals surface area contributed by atoms with Crippen LogP contribution in [0.15, 0.2) is 36.4 Å². The van der Waals surface area contributed by atoms with Gasteiger partial charge in [-0.1, -0.05) is 68.5 Å². The van der Waals surface area contributed by atoms with E-state index in [1.165, 1.54) is 50.5 Å². The maximum absolute atomic E-state index is 10.3. The van der Waals surface area contributed by atoms with Gasteiger partial charge in [0.2, 0.25) is 0 Å². The molecule has 1 fully saturated rings. The van der Waals surface area contributed by atoms with Gasteiger partial charge in [0.15, 0.2) is 0 Å². The Labute approximate surface area is 117 Å². The Morgan fingerprint density at radius 2 is 1.68 bits per heavy atom. The Hall–Kier alpha value is -1.08. The van der Waals surface area contributed by atoms with Crippen LogP contribution in [-0.2, 0) is 0 Å². The highest BCUT2D eigenvalue weighted by Gasteiger charge is 2.18. The van der Waals surface area contributed by atoms with Crippen LogP contribution in [0.2, 0.25) is 0 Å². The van der Waals surface area contributed by atoms with Crippen LogP contribution >= 0.6 is 0 Å². The zero-order chi connectivity index (χ0) is 13.5. The zero-order valence-electron chi connectivity index (χ0n) is 12.0. The summed E-state index contributed by atoms with van der Waals surface area (Å²) in [6, 6.07) is 8.45. The fourth-order valence-electron chi connectivity index (χ4n) is 3.21. The molecule has 1 aromatic carbocycles. The lowest BCUT2D eigenvalue weighted by Gasteiger charge is -2.23. The molecule has 1 atom stereocenters. The third-order valence-electron chi connectivity index (χ3n) is 4.23. The lowest BCUT2D eigenvalue weighted by atomic mass is 9.83. The number of allylic oxidation sites excluding steroid dienone is 1.